The molecule has 0 aromatic heterocycles. The van der Waals surface area contributed by atoms with E-state index in [1.54, 1.807) is 49.2 Å². The quantitative estimate of drug-likeness (QED) is 0.132. The van der Waals surface area contributed by atoms with E-state index >= 15 is 0 Å². The van der Waals surface area contributed by atoms with Crippen LogP contribution in [-0.2, 0) is 32.6 Å². The van der Waals surface area contributed by atoms with Gasteiger partial charge in [0, 0.05) is 29.2 Å². The Labute approximate surface area is 280 Å². The molecular formula is C38H37NO6S2. The van der Waals surface area contributed by atoms with Crippen LogP contribution in [0.3, 0.4) is 0 Å². The lowest BCUT2D eigenvalue weighted by atomic mass is 9.99. The number of sulfonamides is 1. The van der Waals surface area contributed by atoms with Crippen molar-refractivity contribution in [2.75, 3.05) is 12.9 Å². The average molecular weight is 668 g/mol. The summed E-state index contributed by atoms with van der Waals surface area (Å²) in [6, 6.07) is 40.1. The molecule has 0 unspecified atom stereocenters. The maximum atomic E-state index is 12.8. The molecule has 9 heteroatoms. The molecule has 0 radical (unpaired) electrons. The molecule has 6 rings (SSSR count). The van der Waals surface area contributed by atoms with Gasteiger partial charge < -0.3 is 19.3 Å². The first-order valence-electron chi connectivity index (χ1n) is 15.4. The van der Waals surface area contributed by atoms with Crippen LogP contribution >= 0.6 is 11.8 Å². The molecule has 3 atom stereocenters. The molecule has 7 nitrogen and oxygen atoms in total. The van der Waals surface area contributed by atoms with Crippen molar-refractivity contribution in [3.63, 3.8) is 0 Å². The summed E-state index contributed by atoms with van der Waals surface area (Å²) in [4.78, 5) is 1.29. The number of hydrogen-bond acceptors (Lipinski definition) is 7. The fourth-order valence-electron chi connectivity index (χ4n) is 5.53. The van der Waals surface area contributed by atoms with Crippen LogP contribution in [0.25, 0.3) is 11.1 Å². The first kappa shape index (κ1) is 33.0. The fraction of sp³-hybridized carbons (Fsp3) is 0.211. The molecule has 0 aliphatic carbocycles. The van der Waals surface area contributed by atoms with Gasteiger partial charge in [0.1, 0.15) is 5.75 Å². The molecule has 1 heterocycles. The van der Waals surface area contributed by atoms with Crippen molar-refractivity contribution in [3.05, 3.63) is 150 Å². The van der Waals surface area contributed by atoms with Gasteiger partial charge in [-0.1, -0.05) is 91.0 Å². The molecule has 0 spiro atoms. The first-order valence-corrected chi connectivity index (χ1v) is 17.9. The standard InChI is InChI=1S/C38H37NO6S2/c1-43-35-15-5-6-16-37(35)46-26-33-23-36(29-19-17-27(25-40)18-20-29)45-38(44-33)32-12-8-11-31(22-32)30-10-7-9-28(21-30)24-39-47(41,42)34-13-3-2-4-14-34/h2-22,33,36,38-40H,23-26H2,1H3/t33-,36+,38+/m1/s1. The van der Waals surface area contributed by atoms with Crippen LogP contribution in [-0.4, -0.2) is 32.5 Å². The molecule has 2 N–H and O–H groups in total. The van der Waals surface area contributed by atoms with E-state index in [4.69, 9.17) is 14.2 Å². The number of rotatable bonds is 12. The Kier molecular flexibility index (Phi) is 10.7. The Morgan fingerprint density at radius 1 is 0.787 bits per heavy atom. The lowest BCUT2D eigenvalue weighted by Crippen LogP contribution is -2.31. The minimum atomic E-state index is -3.63. The summed E-state index contributed by atoms with van der Waals surface area (Å²) < 4.78 is 47.0. The number of methoxy groups -OCH3 is 1. The highest BCUT2D eigenvalue weighted by Gasteiger charge is 2.32. The molecule has 0 bridgehead atoms. The summed E-state index contributed by atoms with van der Waals surface area (Å²) in [7, 11) is -1.95. The van der Waals surface area contributed by atoms with Gasteiger partial charge in [-0.3, -0.25) is 0 Å². The van der Waals surface area contributed by atoms with Crippen LogP contribution < -0.4 is 9.46 Å². The second-order valence-corrected chi connectivity index (χ2v) is 14.1. The second kappa shape index (κ2) is 15.3. The molecule has 1 saturated heterocycles. The Morgan fingerprint density at radius 3 is 2.28 bits per heavy atom. The van der Waals surface area contributed by atoms with E-state index in [2.05, 4.69) is 16.9 Å². The normalized spacial score (nSPS) is 18.1. The molecular weight excluding hydrogens is 631 g/mol. The van der Waals surface area contributed by atoms with E-state index in [1.807, 2.05) is 84.9 Å². The van der Waals surface area contributed by atoms with Crippen LogP contribution in [0.5, 0.6) is 5.75 Å². The first-order chi connectivity index (χ1) is 22.9. The number of ether oxygens (including phenoxy) is 3. The second-order valence-electron chi connectivity index (χ2n) is 11.3. The summed E-state index contributed by atoms with van der Waals surface area (Å²) >= 11 is 1.70. The SMILES string of the molecule is COc1ccccc1SC[C@H]1C[C@@H](c2ccc(CO)cc2)O[C@@H](c2cccc(-c3cccc(CNS(=O)(=O)c4ccccc4)c3)c2)O1. The fourth-order valence-corrected chi connectivity index (χ4v) is 7.62. The maximum absolute atomic E-state index is 12.8. The maximum Gasteiger partial charge on any atom is 0.240 e. The molecule has 242 valence electrons. The number of benzene rings is 5. The lowest BCUT2D eigenvalue weighted by molar-refractivity contribution is -0.245. The molecule has 5 aromatic carbocycles. The highest BCUT2D eigenvalue weighted by atomic mass is 32.2. The lowest BCUT2D eigenvalue weighted by Gasteiger charge is -2.36. The summed E-state index contributed by atoms with van der Waals surface area (Å²) in [5.41, 5.74) is 5.54. The number of aliphatic hydroxyl groups excluding tert-OH is 1. The molecule has 1 aliphatic rings. The number of nitrogens with one attached hydrogen (secondary N) is 1. The van der Waals surface area contributed by atoms with Crippen LogP contribution in [0, 0.1) is 0 Å². The third-order valence-electron chi connectivity index (χ3n) is 8.05. The average Bonchev–Trinajstić information content (AvgIpc) is 3.13. The zero-order chi connectivity index (χ0) is 32.6. The van der Waals surface area contributed by atoms with Gasteiger partial charge >= 0.3 is 0 Å². The van der Waals surface area contributed by atoms with Crippen LogP contribution in [0.15, 0.2) is 137 Å². The summed E-state index contributed by atoms with van der Waals surface area (Å²) in [5.74, 6) is 1.55. The zero-order valence-corrected chi connectivity index (χ0v) is 27.6. The van der Waals surface area contributed by atoms with Gasteiger partial charge in [-0.15, -0.1) is 11.8 Å². The van der Waals surface area contributed by atoms with Gasteiger partial charge in [0.2, 0.25) is 10.0 Å². The smallest absolute Gasteiger partial charge is 0.240 e. The predicted octanol–water partition coefficient (Wildman–Crippen LogP) is 7.67. The van der Waals surface area contributed by atoms with Crippen LogP contribution in [0.4, 0.5) is 0 Å². The van der Waals surface area contributed by atoms with Crippen molar-refractivity contribution in [2.24, 2.45) is 0 Å². The Hall–Kier alpha value is -3.96. The molecule has 1 aliphatic heterocycles. The van der Waals surface area contributed by atoms with E-state index in [-0.39, 0.29) is 30.3 Å². The summed E-state index contributed by atoms with van der Waals surface area (Å²) in [5, 5.41) is 9.55. The number of hydrogen-bond donors (Lipinski definition) is 2. The van der Waals surface area contributed by atoms with Crippen molar-refractivity contribution in [3.8, 4) is 16.9 Å². The number of aliphatic hydroxyl groups is 1. The van der Waals surface area contributed by atoms with Crippen molar-refractivity contribution >= 4 is 21.8 Å². The van der Waals surface area contributed by atoms with Crippen molar-refractivity contribution in [1.82, 2.24) is 4.72 Å². The van der Waals surface area contributed by atoms with Crippen LogP contribution in [0.1, 0.15) is 41.1 Å². The van der Waals surface area contributed by atoms with Crippen LogP contribution in [0.2, 0.25) is 0 Å². The predicted molar refractivity (Wildman–Crippen MR) is 184 cm³/mol. The highest BCUT2D eigenvalue weighted by molar-refractivity contribution is 7.99. The van der Waals surface area contributed by atoms with Crippen molar-refractivity contribution in [2.45, 2.75) is 47.9 Å². The number of para-hydroxylation sites is 1. The molecule has 0 amide bonds. The molecule has 1 fully saturated rings. The highest BCUT2D eigenvalue weighted by Crippen LogP contribution is 2.41. The van der Waals surface area contributed by atoms with Gasteiger partial charge in [-0.05, 0) is 64.2 Å². The van der Waals surface area contributed by atoms with E-state index in [0.717, 1.165) is 44.0 Å². The monoisotopic (exact) mass is 667 g/mol. The third kappa shape index (κ3) is 8.31. The third-order valence-corrected chi connectivity index (χ3v) is 10.7. The minimum absolute atomic E-state index is 0.0113. The van der Waals surface area contributed by atoms with Gasteiger partial charge in [-0.25, -0.2) is 13.1 Å². The summed E-state index contributed by atoms with van der Waals surface area (Å²) in [6.07, 6.45) is -0.224. The minimum Gasteiger partial charge on any atom is -0.496 e. The van der Waals surface area contributed by atoms with Gasteiger partial charge in [-0.2, -0.15) is 0 Å². The Balaban J connectivity index is 1.21. The van der Waals surface area contributed by atoms with Crippen molar-refractivity contribution < 1.29 is 27.7 Å². The molecule has 47 heavy (non-hydrogen) atoms. The topological polar surface area (TPSA) is 94.1 Å². The number of thioether (sulfide) groups is 1. The van der Waals surface area contributed by atoms with Gasteiger partial charge in [0.05, 0.1) is 30.8 Å². The molecule has 5 aromatic rings. The van der Waals surface area contributed by atoms with E-state index in [1.165, 1.54) is 0 Å². The van der Waals surface area contributed by atoms with Gasteiger partial charge in [0.15, 0.2) is 6.29 Å². The van der Waals surface area contributed by atoms with Crippen molar-refractivity contribution in [1.29, 1.82) is 0 Å². The zero-order valence-electron chi connectivity index (χ0n) is 26.0. The van der Waals surface area contributed by atoms with E-state index in [9.17, 15) is 13.5 Å². The Bertz CT molecular complexity index is 1880. The van der Waals surface area contributed by atoms with E-state index < -0.39 is 16.3 Å². The molecule has 0 saturated carbocycles. The van der Waals surface area contributed by atoms with E-state index in [0.29, 0.717) is 12.2 Å². The largest absolute Gasteiger partial charge is 0.496 e. The van der Waals surface area contributed by atoms with Gasteiger partial charge in [0.25, 0.3) is 0 Å². The summed E-state index contributed by atoms with van der Waals surface area (Å²) in [6.45, 7) is 0.157. The Morgan fingerprint density at radius 2 is 1.51 bits per heavy atom.